The molecular weight excluding hydrogens is 258 g/mol. The van der Waals surface area contributed by atoms with Crippen LogP contribution in [0.3, 0.4) is 0 Å². The lowest BCUT2D eigenvalue weighted by Gasteiger charge is -2.15. The molecule has 19 heavy (non-hydrogen) atoms. The molecule has 0 aromatic carbocycles. The third-order valence-electron chi connectivity index (χ3n) is 2.62. The van der Waals surface area contributed by atoms with E-state index in [9.17, 15) is 0 Å². The van der Waals surface area contributed by atoms with Gasteiger partial charge in [0, 0.05) is 29.7 Å². The van der Waals surface area contributed by atoms with Gasteiger partial charge >= 0.3 is 0 Å². The number of hydrogen-bond donors (Lipinski definition) is 1. The minimum absolute atomic E-state index is 0.0898. The number of anilines is 1. The first-order valence-electron chi connectivity index (χ1n) is 6.41. The predicted molar refractivity (Wildman–Crippen MR) is 79.0 cm³/mol. The first-order chi connectivity index (χ1) is 9.16. The summed E-state index contributed by atoms with van der Waals surface area (Å²) in [4.78, 5) is 9.87. The third-order valence-corrected chi connectivity index (χ3v) is 3.72. The van der Waals surface area contributed by atoms with Crippen molar-refractivity contribution in [2.24, 2.45) is 0 Å². The molecule has 0 amide bonds. The van der Waals surface area contributed by atoms with Crippen molar-refractivity contribution < 1.29 is 4.74 Å². The van der Waals surface area contributed by atoms with Gasteiger partial charge in [0.15, 0.2) is 5.82 Å². The summed E-state index contributed by atoms with van der Waals surface area (Å²) in [6.07, 6.45) is 3.41. The molecule has 0 aliphatic carbocycles. The zero-order valence-electron chi connectivity index (χ0n) is 11.5. The highest BCUT2D eigenvalue weighted by atomic mass is 32.1. The molecule has 5 heteroatoms. The molecule has 0 bridgehead atoms. The molecule has 2 heterocycles. The van der Waals surface area contributed by atoms with Gasteiger partial charge in [0.2, 0.25) is 0 Å². The van der Waals surface area contributed by atoms with Gasteiger partial charge in [-0.3, -0.25) is 0 Å². The molecule has 0 spiro atoms. The largest absolute Gasteiger partial charge is 0.472 e. The van der Waals surface area contributed by atoms with Crippen molar-refractivity contribution >= 4 is 17.2 Å². The summed E-state index contributed by atoms with van der Waals surface area (Å²) in [7, 11) is 0. The van der Waals surface area contributed by atoms with Crippen LogP contribution in [0.15, 0.2) is 29.9 Å². The van der Waals surface area contributed by atoms with Gasteiger partial charge in [-0.1, -0.05) is 13.0 Å². The Bertz CT molecular complexity index is 499. The normalized spacial score (nSPS) is 12.4. The van der Waals surface area contributed by atoms with E-state index in [0.717, 1.165) is 6.54 Å². The fourth-order valence-corrected chi connectivity index (χ4v) is 2.47. The molecule has 1 N–H and O–H groups in total. The van der Waals surface area contributed by atoms with Gasteiger partial charge < -0.3 is 10.1 Å². The Morgan fingerprint density at radius 2 is 2.05 bits per heavy atom. The minimum atomic E-state index is 0.0898. The highest BCUT2D eigenvalue weighted by Gasteiger charge is 2.11. The molecule has 1 unspecified atom stereocenters. The van der Waals surface area contributed by atoms with Crippen molar-refractivity contribution in [1.29, 1.82) is 0 Å². The van der Waals surface area contributed by atoms with Crippen molar-refractivity contribution in [3.63, 3.8) is 0 Å². The summed E-state index contributed by atoms with van der Waals surface area (Å²) in [5, 5.41) is 5.41. The van der Waals surface area contributed by atoms with Gasteiger partial charge in [-0.15, -0.1) is 11.3 Å². The second-order valence-corrected chi connectivity index (χ2v) is 5.65. The van der Waals surface area contributed by atoms with Crippen LogP contribution in [0.1, 0.15) is 31.6 Å². The number of hydrogen-bond acceptors (Lipinski definition) is 5. The lowest BCUT2D eigenvalue weighted by Crippen LogP contribution is -2.14. The third kappa shape index (κ3) is 3.92. The van der Waals surface area contributed by atoms with E-state index in [4.69, 9.17) is 4.74 Å². The summed E-state index contributed by atoms with van der Waals surface area (Å²) in [6.45, 7) is 6.96. The Hall–Kier alpha value is -1.62. The van der Waals surface area contributed by atoms with Gasteiger partial charge in [-0.25, -0.2) is 9.97 Å². The Labute approximate surface area is 117 Å². The minimum Gasteiger partial charge on any atom is -0.472 e. The molecule has 0 saturated heterocycles. The number of nitrogens with one attached hydrogen (secondary N) is 1. The van der Waals surface area contributed by atoms with E-state index < -0.39 is 0 Å². The Morgan fingerprint density at radius 1 is 1.26 bits per heavy atom. The van der Waals surface area contributed by atoms with Crippen LogP contribution < -0.4 is 10.1 Å². The molecule has 0 aliphatic heterocycles. The van der Waals surface area contributed by atoms with Gasteiger partial charge in [-0.2, -0.15) is 0 Å². The van der Waals surface area contributed by atoms with Gasteiger partial charge in [0.25, 0.3) is 5.88 Å². The maximum absolute atomic E-state index is 5.63. The molecule has 1 atom stereocenters. The van der Waals surface area contributed by atoms with Crippen LogP contribution in [0.25, 0.3) is 0 Å². The van der Waals surface area contributed by atoms with Crippen LogP contribution in [0.4, 0.5) is 5.82 Å². The zero-order chi connectivity index (χ0) is 13.7. The quantitative estimate of drug-likeness (QED) is 0.877. The topological polar surface area (TPSA) is 47.0 Å². The molecule has 0 fully saturated rings. The predicted octanol–water partition coefficient (Wildman–Crippen LogP) is 3.54. The van der Waals surface area contributed by atoms with E-state index in [1.807, 2.05) is 13.8 Å². The molecule has 4 nitrogen and oxygen atoms in total. The van der Waals surface area contributed by atoms with Crippen LogP contribution in [0.2, 0.25) is 0 Å². The van der Waals surface area contributed by atoms with Crippen molar-refractivity contribution in [1.82, 2.24) is 9.97 Å². The number of rotatable bonds is 6. The fourth-order valence-electron chi connectivity index (χ4n) is 1.68. The SMILES string of the molecule is CC(C)Oc1nccnc1NCC(C)c1cccs1. The van der Waals surface area contributed by atoms with Crippen molar-refractivity contribution in [2.45, 2.75) is 32.8 Å². The van der Waals surface area contributed by atoms with Gasteiger partial charge in [0.1, 0.15) is 0 Å². The van der Waals surface area contributed by atoms with E-state index in [1.165, 1.54) is 4.88 Å². The summed E-state index contributed by atoms with van der Waals surface area (Å²) >= 11 is 1.77. The molecular formula is C14H19N3OS. The van der Waals surface area contributed by atoms with Crippen LogP contribution in [-0.2, 0) is 0 Å². The maximum Gasteiger partial charge on any atom is 0.257 e. The van der Waals surface area contributed by atoms with Crippen LogP contribution >= 0.6 is 11.3 Å². The van der Waals surface area contributed by atoms with E-state index in [1.54, 1.807) is 23.7 Å². The molecule has 2 aromatic rings. The van der Waals surface area contributed by atoms with Crippen LogP contribution in [0, 0.1) is 0 Å². The zero-order valence-corrected chi connectivity index (χ0v) is 12.3. The van der Waals surface area contributed by atoms with Gasteiger partial charge in [0.05, 0.1) is 6.10 Å². The Kier molecular flexibility index (Phi) is 4.74. The molecule has 0 radical (unpaired) electrons. The Morgan fingerprint density at radius 3 is 2.74 bits per heavy atom. The highest BCUT2D eigenvalue weighted by Crippen LogP contribution is 2.23. The fraction of sp³-hybridized carbons (Fsp3) is 0.429. The number of aromatic nitrogens is 2. The summed E-state index contributed by atoms with van der Waals surface area (Å²) in [5.41, 5.74) is 0. The standard InChI is InChI=1S/C14H19N3OS/c1-10(2)18-14-13(15-6-7-16-14)17-9-11(3)12-5-4-8-19-12/h4-8,10-11H,9H2,1-3H3,(H,15,17). The highest BCUT2D eigenvalue weighted by molar-refractivity contribution is 7.10. The van der Waals surface area contributed by atoms with E-state index >= 15 is 0 Å². The summed E-state index contributed by atoms with van der Waals surface area (Å²) < 4.78 is 5.63. The van der Waals surface area contributed by atoms with Crippen molar-refractivity contribution in [3.05, 3.63) is 34.8 Å². The average molecular weight is 277 g/mol. The second kappa shape index (κ2) is 6.52. The van der Waals surface area contributed by atoms with Crippen molar-refractivity contribution in [3.8, 4) is 5.88 Å². The molecule has 0 aliphatic rings. The first-order valence-corrected chi connectivity index (χ1v) is 7.29. The summed E-state index contributed by atoms with van der Waals surface area (Å²) in [6, 6.07) is 4.23. The van der Waals surface area contributed by atoms with Crippen LogP contribution in [-0.4, -0.2) is 22.6 Å². The van der Waals surface area contributed by atoms with E-state index in [-0.39, 0.29) is 6.10 Å². The smallest absolute Gasteiger partial charge is 0.257 e. The van der Waals surface area contributed by atoms with Crippen LogP contribution in [0.5, 0.6) is 5.88 Å². The Balaban J connectivity index is 1.99. The number of ether oxygens (including phenoxy) is 1. The lowest BCUT2D eigenvalue weighted by molar-refractivity contribution is 0.233. The monoisotopic (exact) mass is 277 g/mol. The lowest BCUT2D eigenvalue weighted by atomic mass is 10.1. The molecule has 0 saturated carbocycles. The van der Waals surface area contributed by atoms with Gasteiger partial charge in [-0.05, 0) is 25.3 Å². The van der Waals surface area contributed by atoms with E-state index in [2.05, 4.69) is 39.7 Å². The van der Waals surface area contributed by atoms with Crippen molar-refractivity contribution in [2.75, 3.05) is 11.9 Å². The molecule has 2 rings (SSSR count). The average Bonchev–Trinajstić information content (AvgIpc) is 2.90. The summed E-state index contributed by atoms with van der Waals surface area (Å²) in [5.74, 6) is 1.71. The molecule has 2 aromatic heterocycles. The van der Waals surface area contributed by atoms with E-state index in [0.29, 0.717) is 17.6 Å². The maximum atomic E-state index is 5.63. The second-order valence-electron chi connectivity index (χ2n) is 4.67. The molecule has 102 valence electrons. The number of nitrogens with zero attached hydrogens (tertiary/aromatic N) is 2. The number of thiophene rings is 1. The first kappa shape index (κ1) is 13.8.